The zero-order chi connectivity index (χ0) is 18.2. The maximum Gasteiger partial charge on any atom is 0.171 e. The first-order valence-electron chi connectivity index (χ1n) is 8.81. The molecule has 1 heterocycles. The lowest BCUT2D eigenvalue weighted by molar-refractivity contribution is 0.0344. The maximum atomic E-state index is 5.54. The van der Waals surface area contributed by atoms with Crippen LogP contribution < -0.4 is 15.4 Å². The second-order valence-corrected chi connectivity index (χ2v) is 6.61. The molecule has 1 aliphatic heterocycles. The molecule has 0 unspecified atom stereocenters. The minimum absolute atomic E-state index is 0.118. The van der Waals surface area contributed by atoms with E-state index >= 15 is 0 Å². The molecule has 0 amide bonds. The number of nitrogens with zero attached hydrogens (tertiary/aromatic N) is 1. The van der Waals surface area contributed by atoms with E-state index in [2.05, 4.69) is 39.8 Å². The monoisotopic (exact) mass is 371 g/mol. The van der Waals surface area contributed by atoms with Crippen LogP contribution in [0.25, 0.3) is 0 Å². The average Bonchev–Trinajstić information content (AvgIpc) is 2.69. The molecule has 0 bridgehead atoms. The standard InChI is InChI=1S/C20H25N3O2S/c1-24-18-9-7-17(8-10-18)21-20(26)22-19(16-5-3-2-4-6-16)15-23-11-13-25-14-12-23/h2-10,19H,11-15H2,1H3,(H2,21,22,26)/t19-/m0/s1. The molecule has 138 valence electrons. The van der Waals surface area contributed by atoms with E-state index in [0.717, 1.165) is 44.3 Å². The fourth-order valence-corrected chi connectivity index (χ4v) is 3.22. The van der Waals surface area contributed by atoms with Gasteiger partial charge in [0.05, 0.1) is 26.4 Å². The van der Waals surface area contributed by atoms with Crippen molar-refractivity contribution in [1.82, 2.24) is 10.2 Å². The summed E-state index contributed by atoms with van der Waals surface area (Å²) >= 11 is 5.54. The van der Waals surface area contributed by atoms with Gasteiger partial charge in [-0.1, -0.05) is 30.3 Å². The van der Waals surface area contributed by atoms with Crippen LogP contribution in [-0.2, 0) is 4.74 Å². The Morgan fingerprint density at radius 3 is 2.46 bits per heavy atom. The lowest BCUT2D eigenvalue weighted by atomic mass is 10.1. The summed E-state index contributed by atoms with van der Waals surface area (Å²) < 4.78 is 10.6. The molecule has 5 nitrogen and oxygen atoms in total. The van der Waals surface area contributed by atoms with Crippen molar-refractivity contribution in [3.8, 4) is 5.75 Å². The average molecular weight is 372 g/mol. The van der Waals surface area contributed by atoms with Gasteiger partial charge in [0, 0.05) is 25.3 Å². The Kier molecular flexibility index (Phi) is 6.82. The summed E-state index contributed by atoms with van der Waals surface area (Å²) in [5.41, 5.74) is 2.15. The first-order chi connectivity index (χ1) is 12.7. The molecule has 2 N–H and O–H groups in total. The fourth-order valence-electron chi connectivity index (χ4n) is 2.96. The summed E-state index contributed by atoms with van der Waals surface area (Å²) in [6.45, 7) is 4.36. The van der Waals surface area contributed by atoms with Crippen LogP contribution in [0.1, 0.15) is 11.6 Å². The highest BCUT2D eigenvalue weighted by molar-refractivity contribution is 7.80. The van der Waals surface area contributed by atoms with E-state index in [1.165, 1.54) is 5.56 Å². The third-order valence-corrected chi connectivity index (χ3v) is 4.62. The van der Waals surface area contributed by atoms with Crippen LogP contribution >= 0.6 is 12.2 Å². The van der Waals surface area contributed by atoms with E-state index in [0.29, 0.717) is 5.11 Å². The van der Waals surface area contributed by atoms with E-state index in [9.17, 15) is 0 Å². The molecule has 0 saturated carbocycles. The van der Waals surface area contributed by atoms with Crippen molar-refractivity contribution >= 4 is 23.0 Å². The Morgan fingerprint density at radius 1 is 1.12 bits per heavy atom. The van der Waals surface area contributed by atoms with Gasteiger partial charge in [-0.05, 0) is 42.0 Å². The number of hydrogen-bond acceptors (Lipinski definition) is 4. The van der Waals surface area contributed by atoms with Crippen LogP contribution in [0, 0.1) is 0 Å². The zero-order valence-electron chi connectivity index (χ0n) is 15.0. The number of methoxy groups -OCH3 is 1. The van der Waals surface area contributed by atoms with Gasteiger partial charge in [-0.2, -0.15) is 0 Å². The van der Waals surface area contributed by atoms with Crippen molar-refractivity contribution in [2.45, 2.75) is 6.04 Å². The fraction of sp³-hybridized carbons (Fsp3) is 0.350. The van der Waals surface area contributed by atoms with Gasteiger partial charge in [0.1, 0.15) is 5.75 Å². The summed E-state index contributed by atoms with van der Waals surface area (Å²) in [7, 11) is 1.66. The number of hydrogen-bond donors (Lipinski definition) is 2. The van der Waals surface area contributed by atoms with Crippen molar-refractivity contribution < 1.29 is 9.47 Å². The summed E-state index contributed by atoms with van der Waals surface area (Å²) in [5.74, 6) is 0.823. The lowest BCUT2D eigenvalue weighted by Gasteiger charge is -2.31. The zero-order valence-corrected chi connectivity index (χ0v) is 15.8. The SMILES string of the molecule is COc1ccc(NC(=S)N[C@@H](CN2CCOCC2)c2ccccc2)cc1. The summed E-state index contributed by atoms with van der Waals surface area (Å²) in [4.78, 5) is 2.41. The van der Waals surface area contributed by atoms with Gasteiger partial charge >= 0.3 is 0 Å². The molecule has 1 aliphatic rings. The van der Waals surface area contributed by atoms with Gasteiger partial charge in [-0.3, -0.25) is 4.90 Å². The minimum atomic E-state index is 0.118. The second-order valence-electron chi connectivity index (χ2n) is 6.20. The number of ether oxygens (including phenoxy) is 2. The van der Waals surface area contributed by atoms with Crippen LogP contribution in [0.3, 0.4) is 0 Å². The Hall–Kier alpha value is -2.15. The third kappa shape index (κ3) is 5.42. The van der Waals surface area contributed by atoms with Crippen LogP contribution in [-0.4, -0.2) is 50.0 Å². The molecule has 3 rings (SSSR count). The molecule has 0 aromatic heterocycles. The smallest absolute Gasteiger partial charge is 0.171 e. The highest BCUT2D eigenvalue weighted by Crippen LogP contribution is 2.17. The summed E-state index contributed by atoms with van der Waals surface area (Å²) in [6.07, 6.45) is 0. The predicted octanol–water partition coefficient (Wildman–Crippen LogP) is 3.06. The predicted molar refractivity (Wildman–Crippen MR) is 109 cm³/mol. The summed E-state index contributed by atoms with van der Waals surface area (Å²) in [5, 5.41) is 7.33. The van der Waals surface area contributed by atoms with E-state index in [1.54, 1.807) is 7.11 Å². The van der Waals surface area contributed by atoms with Crippen LogP contribution in [0.2, 0.25) is 0 Å². The number of nitrogens with one attached hydrogen (secondary N) is 2. The van der Waals surface area contributed by atoms with Crippen LogP contribution in [0.5, 0.6) is 5.75 Å². The molecule has 0 radical (unpaired) electrons. The van der Waals surface area contributed by atoms with Gasteiger partial charge in [0.25, 0.3) is 0 Å². The quantitative estimate of drug-likeness (QED) is 0.761. The van der Waals surface area contributed by atoms with E-state index in [-0.39, 0.29) is 6.04 Å². The van der Waals surface area contributed by atoms with Crippen molar-refractivity contribution in [3.05, 3.63) is 60.2 Å². The molecule has 1 fully saturated rings. The molecule has 26 heavy (non-hydrogen) atoms. The molecule has 6 heteroatoms. The van der Waals surface area contributed by atoms with Crippen molar-refractivity contribution in [2.24, 2.45) is 0 Å². The highest BCUT2D eigenvalue weighted by atomic mass is 32.1. The first kappa shape index (κ1) is 18.6. The topological polar surface area (TPSA) is 45.8 Å². The second kappa shape index (κ2) is 9.52. The molecule has 2 aromatic rings. The van der Waals surface area contributed by atoms with Gasteiger partial charge in [0.15, 0.2) is 5.11 Å². The minimum Gasteiger partial charge on any atom is -0.497 e. The van der Waals surface area contributed by atoms with Crippen molar-refractivity contribution in [3.63, 3.8) is 0 Å². The first-order valence-corrected chi connectivity index (χ1v) is 9.22. The van der Waals surface area contributed by atoms with E-state index < -0.39 is 0 Å². The van der Waals surface area contributed by atoms with Crippen molar-refractivity contribution in [1.29, 1.82) is 0 Å². The molecule has 1 saturated heterocycles. The molecule has 2 aromatic carbocycles. The largest absolute Gasteiger partial charge is 0.497 e. The molecule has 0 spiro atoms. The van der Waals surface area contributed by atoms with E-state index in [1.807, 2.05) is 30.3 Å². The third-order valence-electron chi connectivity index (χ3n) is 4.40. The number of morpholine rings is 1. The van der Waals surface area contributed by atoms with Gasteiger partial charge in [-0.25, -0.2) is 0 Å². The van der Waals surface area contributed by atoms with Crippen LogP contribution in [0.15, 0.2) is 54.6 Å². The summed E-state index contributed by atoms with van der Waals surface area (Å²) in [6, 6.07) is 18.3. The molecular weight excluding hydrogens is 346 g/mol. The van der Waals surface area contributed by atoms with E-state index in [4.69, 9.17) is 21.7 Å². The molecule has 1 atom stereocenters. The van der Waals surface area contributed by atoms with Crippen molar-refractivity contribution in [2.75, 3.05) is 45.3 Å². The molecule has 0 aliphatic carbocycles. The molecular formula is C20H25N3O2S. The van der Waals surface area contributed by atoms with Gasteiger partial charge in [-0.15, -0.1) is 0 Å². The highest BCUT2D eigenvalue weighted by Gasteiger charge is 2.19. The van der Waals surface area contributed by atoms with Gasteiger partial charge in [0.2, 0.25) is 0 Å². The Bertz CT molecular complexity index is 688. The maximum absolute atomic E-state index is 5.54. The number of thiocarbonyl (C=S) groups is 1. The number of anilines is 1. The Balaban J connectivity index is 1.64. The Morgan fingerprint density at radius 2 is 1.81 bits per heavy atom. The van der Waals surface area contributed by atoms with Gasteiger partial charge < -0.3 is 20.1 Å². The van der Waals surface area contributed by atoms with Crippen LogP contribution in [0.4, 0.5) is 5.69 Å². The lowest BCUT2D eigenvalue weighted by Crippen LogP contribution is -2.44. The normalized spacial score (nSPS) is 15.9. The number of benzene rings is 2. The Labute approximate surface area is 160 Å². The number of rotatable bonds is 6.